The van der Waals surface area contributed by atoms with Gasteiger partial charge in [0.15, 0.2) is 0 Å². The van der Waals surface area contributed by atoms with Gasteiger partial charge in [-0.05, 0) is 27.7 Å². The van der Waals surface area contributed by atoms with Crippen LogP contribution in [0.1, 0.15) is 27.7 Å². The van der Waals surface area contributed by atoms with E-state index in [1.54, 1.807) is 0 Å². The Morgan fingerprint density at radius 2 is 1.05 bits per heavy atom. The summed E-state index contributed by atoms with van der Waals surface area (Å²) < 4.78 is 55.1. The molecule has 10 heteroatoms. The van der Waals surface area contributed by atoms with Crippen LogP contribution in [0.5, 0.6) is 0 Å². The van der Waals surface area contributed by atoms with Crippen LogP contribution in [-0.4, -0.2) is 31.0 Å². The molecule has 6 nitrogen and oxygen atoms in total. The second kappa shape index (κ2) is 8.08. The molecule has 0 atom stereocenters. The SMILES string of the molecule is CCOP(=O)(OCC)C(F)(Cl)P(=O)(OCC)OCC. The van der Waals surface area contributed by atoms with Gasteiger partial charge >= 0.3 is 19.8 Å². The number of alkyl halides is 2. The summed E-state index contributed by atoms with van der Waals surface area (Å²) in [6.07, 6.45) is 0. The van der Waals surface area contributed by atoms with Crippen molar-refractivity contribution >= 4 is 26.8 Å². The highest BCUT2D eigenvalue weighted by atomic mass is 35.5. The summed E-state index contributed by atoms with van der Waals surface area (Å²) in [6.45, 7) is 5.38. The molecule has 0 saturated carbocycles. The Bertz CT molecular complexity index is 313. The summed E-state index contributed by atoms with van der Waals surface area (Å²) in [6, 6.07) is 0. The van der Waals surface area contributed by atoms with Gasteiger partial charge < -0.3 is 18.1 Å². The second-order valence-electron chi connectivity index (χ2n) is 3.18. The lowest BCUT2D eigenvalue weighted by Crippen LogP contribution is -2.22. The van der Waals surface area contributed by atoms with Crippen molar-refractivity contribution in [2.45, 2.75) is 32.3 Å². The molecule has 0 aromatic carbocycles. The first kappa shape index (κ1) is 19.5. The van der Waals surface area contributed by atoms with Crippen LogP contribution >= 0.6 is 26.8 Å². The standard InChI is InChI=1S/C9H20ClFO6P2/c1-5-14-18(12,15-6-2)9(10,11)19(13,16-7-3)17-8-4/h5-8H2,1-4H3. The highest BCUT2D eigenvalue weighted by Crippen LogP contribution is 2.80. The molecule has 116 valence electrons. The molecule has 0 saturated heterocycles. The zero-order chi connectivity index (χ0) is 15.2. The minimum absolute atomic E-state index is 0.131. The number of hydrogen-bond acceptors (Lipinski definition) is 6. The van der Waals surface area contributed by atoms with Crippen molar-refractivity contribution in [1.82, 2.24) is 0 Å². The first-order chi connectivity index (χ1) is 8.74. The quantitative estimate of drug-likeness (QED) is 0.435. The Balaban J connectivity index is 5.59. The molecule has 0 bridgehead atoms. The molecule has 0 aromatic heterocycles. The Kier molecular flexibility index (Phi) is 8.30. The maximum Gasteiger partial charge on any atom is 0.395 e. The van der Waals surface area contributed by atoms with Crippen LogP contribution in [0.3, 0.4) is 0 Å². The lowest BCUT2D eigenvalue weighted by Gasteiger charge is -2.31. The largest absolute Gasteiger partial charge is 0.395 e. The third-order valence-corrected chi connectivity index (χ3v) is 8.28. The molecule has 0 aromatic rings. The van der Waals surface area contributed by atoms with Gasteiger partial charge in [0.1, 0.15) is 0 Å². The third-order valence-electron chi connectivity index (χ3n) is 1.86. The predicted octanol–water partition coefficient (Wildman–Crippen LogP) is 4.34. The zero-order valence-electron chi connectivity index (χ0n) is 11.4. The molecular weight excluding hydrogens is 320 g/mol. The maximum atomic E-state index is 14.7. The molecule has 0 unspecified atom stereocenters. The van der Waals surface area contributed by atoms with E-state index < -0.39 is 19.8 Å². The van der Waals surface area contributed by atoms with E-state index in [2.05, 4.69) is 0 Å². The van der Waals surface area contributed by atoms with Crippen molar-refractivity contribution in [2.24, 2.45) is 0 Å². The molecule has 0 radical (unpaired) electrons. The van der Waals surface area contributed by atoms with E-state index >= 15 is 0 Å². The Hall–Kier alpha value is 0.520. The van der Waals surface area contributed by atoms with Gasteiger partial charge in [0, 0.05) is 0 Å². The van der Waals surface area contributed by atoms with Crippen molar-refractivity contribution in [3.8, 4) is 0 Å². The fourth-order valence-electron chi connectivity index (χ4n) is 1.22. The van der Waals surface area contributed by atoms with Crippen molar-refractivity contribution < 1.29 is 31.6 Å². The lowest BCUT2D eigenvalue weighted by molar-refractivity contribution is 0.162. The normalized spacial score (nSPS) is 13.8. The maximum absolute atomic E-state index is 14.7. The van der Waals surface area contributed by atoms with E-state index in [4.69, 9.17) is 29.7 Å². The van der Waals surface area contributed by atoms with Crippen LogP contribution in [0.2, 0.25) is 0 Å². The van der Waals surface area contributed by atoms with Gasteiger partial charge in [-0.3, -0.25) is 9.13 Å². The Morgan fingerprint density at radius 3 is 1.21 bits per heavy atom. The minimum atomic E-state index is -4.52. The number of rotatable bonds is 10. The summed E-state index contributed by atoms with van der Waals surface area (Å²) in [4.78, 5) is 0. The van der Waals surface area contributed by atoms with E-state index in [1.165, 1.54) is 27.7 Å². The molecule has 0 aliphatic carbocycles. The van der Waals surface area contributed by atoms with Gasteiger partial charge in [-0.1, -0.05) is 11.6 Å². The highest BCUT2D eigenvalue weighted by molar-refractivity contribution is 7.76. The predicted molar refractivity (Wildman–Crippen MR) is 71.4 cm³/mol. The van der Waals surface area contributed by atoms with Crippen molar-refractivity contribution in [3.05, 3.63) is 0 Å². The molecule has 0 N–H and O–H groups in total. The molecule has 0 aliphatic heterocycles. The van der Waals surface area contributed by atoms with Crippen molar-refractivity contribution in [2.75, 3.05) is 26.4 Å². The first-order valence-electron chi connectivity index (χ1n) is 5.90. The van der Waals surface area contributed by atoms with Crippen molar-refractivity contribution in [3.63, 3.8) is 0 Å². The molecule has 0 spiro atoms. The van der Waals surface area contributed by atoms with Crippen molar-refractivity contribution in [1.29, 1.82) is 0 Å². The number of hydrogen-bond donors (Lipinski definition) is 0. The summed E-state index contributed by atoms with van der Waals surface area (Å²) in [5.41, 5.74) is 0. The Morgan fingerprint density at radius 1 is 0.842 bits per heavy atom. The van der Waals surface area contributed by atoms with E-state index in [0.717, 1.165) is 0 Å². The van der Waals surface area contributed by atoms with Crippen LogP contribution in [0, 0.1) is 0 Å². The second-order valence-corrected chi connectivity index (χ2v) is 8.83. The van der Waals surface area contributed by atoms with Gasteiger partial charge in [-0.15, -0.1) is 0 Å². The molecule has 0 rings (SSSR count). The highest BCUT2D eigenvalue weighted by Gasteiger charge is 2.66. The summed E-state index contributed by atoms with van der Waals surface area (Å²) in [5.74, 6) is 0. The third kappa shape index (κ3) is 4.24. The molecular formula is C9H20ClFO6P2. The van der Waals surface area contributed by atoms with Gasteiger partial charge in [-0.25, -0.2) is 0 Å². The zero-order valence-corrected chi connectivity index (χ0v) is 14.0. The molecule has 19 heavy (non-hydrogen) atoms. The smallest absolute Gasteiger partial charge is 0.305 e. The Labute approximate surface area is 118 Å². The van der Waals surface area contributed by atoms with Gasteiger partial charge in [0.2, 0.25) is 0 Å². The summed E-state index contributed by atoms with van der Waals surface area (Å²) in [5, 5.41) is 0. The fourth-order valence-corrected chi connectivity index (χ4v) is 5.82. The van der Waals surface area contributed by atoms with Gasteiger partial charge in [0.25, 0.3) is 0 Å². The van der Waals surface area contributed by atoms with Gasteiger partial charge in [-0.2, -0.15) is 4.39 Å². The monoisotopic (exact) mass is 340 g/mol. The van der Waals surface area contributed by atoms with Crippen LogP contribution < -0.4 is 0 Å². The minimum Gasteiger partial charge on any atom is -0.305 e. The van der Waals surface area contributed by atoms with Crippen LogP contribution in [0.4, 0.5) is 4.39 Å². The van der Waals surface area contributed by atoms with E-state index in [1.807, 2.05) is 0 Å². The molecule has 0 amide bonds. The van der Waals surface area contributed by atoms with E-state index in [-0.39, 0.29) is 26.4 Å². The number of halogens is 2. The molecule has 0 heterocycles. The average Bonchev–Trinajstić information content (AvgIpc) is 2.29. The van der Waals surface area contributed by atoms with E-state index in [0.29, 0.717) is 0 Å². The molecule has 0 aliphatic rings. The lowest BCUT2D eigenvalue weighted by atomic mass is 10.9. The van der Waals surface area contributed by atoms with Gasteiger partial charge in [0.05, 0.1) is 26.4 Å². The summed E-state index contributed by atoms with van der Waals surface area (Å²) >= 11 is 5.57. The van der Waals surface area contributed by atoms with Crippen LogP contribution in [0.25, 0.3) is 0 Å². The topological polar surface area (TPSA) is 71.1 Å². The average molecular weight is 341 g/mol. The first-order valence-corrected chi connectivity index (χ1v) is 9.37. The summed E-state index contributed by atoms with van der Waals surface area (Å²) in [7, 11) is -9.04. The van der Waals surface area contributed by atoms with Crippen LogP contribution in [0.15, 0.2) is 0 Å². The molecule has 0 fully saturated rings. The van der Waals surface area contributed by atoms with E-state index in [9.17, 15) is 13.5 Å². The fraction of sp³-hybridized carbons (Fsp3) is 1.00. The van der Waals surface area contributed by atoms with Crippen LogP contribution in [-0.2, 0) is 27.2 Å².